The normalized spacial score (nSPS) is 17.0. The molecule has 8 heteroatoms. The molecule has 1 aliphatic rings. The third-order valence-electron chi connectivity index (χ3n) is 4.59. The van der Waals surface area contributed by atoms with Gasteiger partial charge in [-0.15, -0.1) is 5.10 Å². The van der Waals surface area contributed by atoms with Gasteiger partial charge in [0.2, 0.25) is 0 Å². The highest BCUT2D eigenvalue weighted by Crippen LogP contribution is 2.19. The molecule has 1 aromatic heterocycles. The Labute approximate surface area is 150 Å². The van der Waals surface area contributed by atoms with Crippen LogP contribution in [-0.2, 0) is 6.54 Å². The van der Waals surface area contributed by atoms with Crippen molar-refractivity contribution in [3.8, 4) is 0 Å². The number of anilines is 1. The number of hydrogen-bond donors (Lipinski definition) is 1. The van der Waals surface area contributed by atoms with Crippen LogP contribution in [0, 0.1) is 11.6 Å². The summed E-state index contributed by atoms with van der Waals surface area (Å²) in [6.45, 7) is 1.54. The number of amides is 2. The number of aromatic nitrogens is 2. The molecule has 2 aromatic rings. The molecule has 26 heavy (non-hydrogen) atoms. The number of nitrogens with one attached hydrogen (secondary N) is 1. The number of piperidine rings is 1. The van der Waals surface area contributed by atoms with Gasteiger partial charge in [0.15, 0.2) is 5.82 Å². The highest BCUT2D eigenvalue weighted by atomic mass is 19.1. The first-order valence-electron chi connectivity index (χ1n) is 8.52. The van der Waals surface area contributed by atoms with E-state index in [-0.39, 0.29) is 24.2 Å². The van der Waals surface area contributed by atoms with Gasteiger partial charge in [0, 0.05) is 44.5 Å². The summed E-state index contributed by atoms with van der Waals surface area (Å²) in [6, 6.07) is 6.77. The van der Waals surface area contributed by atoms with Gasteiger partial charge in [-0.1, -0.05) is 6.07 Å². The third kappa shape index (κ3) is 4.25. The predicted molar refractivity (Wildman–Crippen MR) is 93.6 cm³/mol. The molecule has 1 aliphatic heterocycles. The van der Waals surface area contributed by atoms with Crippen molar-refractivity contribution in [2.24, 2.45) is 0 Å². The van der Waals surface area contributed by atoms with Crippen molar-refractivity contribution in [3.05, 3.63) is 53.7 Å². The Morgan fingerprint density at radius 3 is 2.96 bits per heavy atom. The molecule has 0 bridgehead atoms. The van der Waals surface area contributed by atoms with Crippen molar-refractivity contribution in [1.29, 1.82) is 0 Å². The van der Waals surface area contributed by atoms with Gasteiger partial charge in [-0.25, -0.2) is 13.6 Å². The fourth-order valence-corrected chi connectivity index (χ4v) is 3.07. The summed E-state index contributed by atoms with van der Waals surface area (Å²) in [5, 5.41) is 10.7. The maximum absolute atomic E-state index is 13.7. The number of nitrogens with zero attached hydrogens (tertiary/aromatic N) is 4. The van der Waals surface area contributed by atoms with E-state index in [0.29, 0.717) is 6.54 Å². The molecule has 0 saturated carbocycles. The first-order valence-corrected chi connectivity index (χ1v) is 8.52. The van der Waals surface area contributed by atoms with Crippen LogP contribution in [0.1, 0.15) is 18.4 Å². The van der Waals surface area contributed by atoms with Gasteiger partial charge in [-0.05, 0) is 31.0 Å². The van der Waals surface area contributed by atoms with Crippen LogP contribution >= 0.6 is 0 Å². The van der Waals surface area contributed by atoms with Crippen LogP contribution in [0.5, 0.6) is 0 Å². The summed E-state index contributed by atoms with van der Waals surface area (Å²) in [4.78, 5) is 16.1. The van der Waals surface area contributed by atoms with E-state index in [2.05, 4.69) is 20.4 Å². The van der Waals surface area contributed by atoms with E-state index in [1.54, 1.807) is 18.1 Å². The van der Waals surface area contributed by atoms with Gasteiger partial charge in [-0.2, -0.15) is 5.10 Å². The lowest BCUT2D eigenvalue weighted by atomic mass is 10.0. The smallest absolute Gasteiger partial charge is 0.317 e. The van der Waals surface area contributed by atoms with Crippen molar-refractivity contribution in [3.63, 3.8) is 0 Å². The van der Waals surface area contributed by atoms with Crippen LogP contribution < -0.4 is 10.2 Å². The topological polar surface area (TPSA) is 61.4 Å². The van der Waals surface area contributed by atoms with Crippen LogP contribution in [0.25, 0.3) is 0 Å². The third-order valence-corrected chi connectivity index (χ3v) is 4.59. The zero-order valence-corrected chi connectivity index (χ0v) is 14.5. The number of benzene rings is 1. The molecule has 0 spiro atoms. The summed E-state index contributed by atoms with van der Waals surface area (Å²) < 4.78 is 26.6. The van der Waals surface area contributed by atoms with Gasteiger partial charge < -0.3 is 15.1 Å². The maximum atomic E-state index is 13.7. The van der Waals surface area contributed by atoms with E-state index < -0.39 is 11.6 Å². The Kier molecular flexibility index (Phi) is 5.60. The standard InChI is InChI=1S/C18H21F2N5O/c1-24(18(26)21-11-13-6-7-14(19)10-16(13)20)15-4-3-9-25(12-15)17-5-2-8-22-23-17/h2,5-8,10,15H,3-4,9,11-12H2,1H3,(H,21,26)/t15-/m1/s1. The van der Waals surface area contributed by atoms with Crippen LogP contribution in [0.15, 0.2) is 36.5 Å². The largest absolute Gasteiger partial charge is 0.353 e. The Balaban J connectivity index is 1.57. The molecule has 1 aromatic carbocycles. The second-order valence-corrected chi connectivity index (χ2v) is 6.33. The SMILES string of the molecule is CN(C(=O)NCc1ccc(F)cc1F)[C@@H]1CCCN(c2cccnn2)C1. The lowest BCUT2D eigenvalue weighted by Gasteiger charge is -2.37. The van der Waals surface area contributed by atoms with Crippen molar-refractivity contribution in [2.45, 2.75) is 25.4 Å². The molecule has 1 atom stereocenters. The van der Waals surface area contributed by atoms with Crippen LogP contribution in [0.3, 0.4) is 0 Å². The average Bonchev–Trinajstić information content (AvgIpc) is 2.67. The summed E-state index contributed by atoms with van der Waals surface area (Å²) >= 11 is 0. The number of likely N-dealkylation sites (N-methyl/N-ethyl adjacent to an activating group) is 1. The van der Waals surface area contributed by atoms with E-state index in [0.717, 1.165) is 31.3 Å². The zero-order valence-electron chi connectivity index (χ0n) is 14.5. The van der Waals surface area contributed by atoms with Crippen LogP contribution in [0.4, 0.5) is 19.4 Å². The molecule has 138 valence electrons. The van der Waals surface area contributed by atoms with Gasteiger partial charge >= 0.3 is 6.03 Å². The van der Waals surface area contributed by atoms with Gasteiger partial charge in [0.05, 0.1) is 6.04 Å². The number of halogens is 2. The van der Waals surface area contributed by atoms with Gasteiger partial charge in [-0.3, -0.25) is 0 Å². The van der Waals surface area contributed by atoms with E-state index in [1.807, 2.05) is 12.1 Å². The lowest BCUT2D eigenvalue weighted by Crippen LogP contribution is -2.51. The molecule has 1 saturated heterocycles. The van der Waals surface area contributed by atoms with Crippen LogP contribution in [-0.4, -0.2) is 47.3 Å². The summed E-state index contributed by atoms with van der Waals surface area (Å²) in [7, 11) is 1.72. The fraction of sp³-hybridized carbons (Fsp3) is 0.389. The minimum absolute atomic E-state index is 0.00980. The molecule has 1 N–H and O–H groups in total. The molecule has 2 amide bonds. The Bertz CT molecular complexity index is 759. The second-order valence-electron chi connectivity index (χ2n) is 6.33. The maximum Gasteiger partial charge on any atom is 0.317 e. The highest BCUT2D eigenvalue weighted by molar-refractivity contribution is 5.74. The first kappa shape index (κ1) is 18.0. The lowest BCUT2D eigenvalue weighted by molar-refractivity contribution is 0.182. The van der Waals surface area contributed by atoms with Crippen molar-refractivity contribution < 1.29 is 13.6 Å². The molecule has 2 heterocycles. The monoisotopic (exact) mass is 361 g/mol. The second kappa shape index (κ2) is 8.07. The van der Waals surface area contributed by atoms with E-state index in [4.69, 9.17) is 0 Å². The average molecular weight is 361 g/mol. The van der Waals surface area contributed by atoms with E-state index in [9.17, 15) is 13.6 Å². The Morgan fingerprint density at radius 1 is 1.38 bits per heavy atom. The Hall–Kier alpha value is -2.77. The molecule has 3 rings (SSSR count). The predicted octanol–water partition coefficient (Wildman–Crippen LogP) is 2.57. The van der Waals surface area contributed by atoms with Gasteiger partial charge in [0.1, 0.15) is 11.6 Å². The summed E-state index contributed by atoms with van der Waals surface area (Å²) in [5.41, 5.74) is 0.248. The van der Waals surface area contributed by atoms with Crippen LogP contribution in [0.2, 0.25) is 0 Å². The van der Waals surface area contributed by atoms with Crippen molar-refractivity contribution in [2.75, 3.05) is 25.0 Å². The quantitative estimate of drug-likeness (QED) is 0.909. The summed E-state index contributed by atoms with van der Waals surface area (Å²) in [5.74, 6) is -0.514. The van der Waals surface area contributed by atoms with E-state index in [1.165, 1.54) is 12.1 Å². The summed E-state index contributed by atoms with van der Waals surface area (Å²) in [6.07, 6.45) is 3.44. The number of urea groups is 1. The highest BCUT2D eigenvalue weighted by Gasteiger charge is 2.26. The van der Waals surface area contributed by atoms with Gasteiger partial charge in [0.25, 0.3) is 0 Å². The van der Waals surface area contributed by atoms with Crippen molar-refractivity contribution in [1.82, 2.24) is 20.4 Å². The number of carbonyl (C=O) groups excluding carboxylic acids is 1. The molecular formula is C18H21F2N5O. The molecule has 1 fully saturated rings. The first-order chi connectivity index (χ1) is 12.5. The molecule has 0 radical (unpaired) electrons. The Morgan fingerprint density at radius 2 is 2.23 bits per heavy atom. The zero-order chi connectivity index (χ0) is 18.5. The van der Waals surface area contributed by atoms with E-state index >= 15 is 0 Å². The minimum Gasteiger partial charge on any atom is -0.353 e. The number of rotatable bonds is 4. The molecule has 0 unspecified atom stereocenters. The number of carbonyl (C=O) groups is 1. The minimum atomic E-state index is -0.667. The molecular weight excluding hydrogens is 340 g/mol. The number of hydrogen-bond acceptors (Lipinski definition) is 4. The fourth-order valence-electron chi connectivity index (χ4n) is 3.07. The van der Waals surface area contributed by atoms with Crippen molar-refractivity contribution >= 4 is 11.8 Å². The molecule has 0 aliphatic carbocycles. The molecule has 6 nitrogen and oxygen atoms in total.